The molecule has 0 unspecified atom stereocenters. The second kappa shape index (κ2) is 4.46. The highest BCUT2D eigenvalue weighted by molar-refractivity contribution is 6.30. The number of hydrogen-bond acceptors (Lipinski definition) is 2. The average molecular weight is 256 g/mol. The molecule has 2 bridgehead atoms. The van der Waals surface area contributed by atoms with E-state index in [2.05, 4.69) is 4.90 Å². The van der Waals surface area contributed by atoms with E-state index < -0.39 is 5.82 Å². The Morgan fingerprint density at radius 3 is 2.65 bits per heavy atom. The van der Waals surface area contributed by atoms with Crippen LogP contribution in [-0.2, 0) is 0 Å². The molecule has 3 heterocycles. The van der Waals surface area contributed by atoms with Crippen molar-refractivity contribution in [1.29, 1.82) is 0 Å². The van der Waals surface area contributed by atoms with Crippen LogP contribution in [-0.4, -0.2) is 30.6 Å². The number of piperidine rings is 3. The van der Waals surface area contributed by atoms with E-state index in [0.29, 0.717) is 11.7 Å². The zero-order chi connectivity index (χ0) is 11.8. The summed E-state index contributed by atoms with van der Waals surface area (Å²) in [4.78, 5) is 2.43. The van der Waals surface area contributed by atoms with Gasteiger partial charge in [-0.1, -0.05) is 11.6 Å². The van der Waals surface area contributed by atoms with Crippen molar-refractivity contribution in [1.82, 2.24) is 4.90 Å². The van der Waals surface area contributed by atoms with Gasteiger partial charge in [0, 0.05) is 12.6 Å². The predicted molar refractivity (Wildman–Crippen MR) is 65.0 cm³/mol. The molecule has 92 valence electrons. The third-order valence-electron chi connectivity index (χ3n) is 3.77. The lowest BCUT2D eigenvalue weighted by Gasteiger charge is -2.44. The lowest BCUT2D eigenvalue weighted by molar-refractivity contribution is -0.00778. The highest BCUT2D eigenvalue weighted by atomic mass is 35.5. The van der Waals surface area contributed by atoms with Crippen LogP contribution in [0.4, 0.5) is 4.39 Å². The molecule has 17 heavy (non-hydrogen) atoms. The molecule has 4 rings (SSSR count). The molecule has 0 saturated carbocycles. The van der Waals surface area contributed by atoms with Crippen molar-refractivity contribution in [3.63, 3.8) is 0 Å². The number of rotatable bonds is 2. The fourth-order valence-electron chi connectivity index (χ4n) is 2.77. The first kappa shape index (κ1) is 11.3. The van der Waals surface area contributed by atoms with Crippen LogP contribution in [0.2, 0.25) is 5.02 Å². The number of fused-ring (bicyclic) bond motifs is 3. The van der Waals surface area contributed by atoms with Crippen molar-refractivity contribution in [2.45, 2.75) is 18.9 Å². The summed E-state index contributed by atoms with van der Waals surface area (Å²) in [6, 6.07) is 4.58. The molecule has 3 fully saturated rings. The molecular formula is C13H15ClFNO. The Balaban J connectivity index is 1.72. The predicted octanol–water partition coefficient (Wildman–Crippen LogP) is 2.95. The van der Waals surface area contributed by atoms with Crippen LogP contribution < -0.4 is 4.74 Å². The van der Waals surface area contributed by atoms with Crippen molar-refractivity contribution >= 4 is 11.6 Å². The minimum Gasteiger partial charge on any atom is -0.489 e. The molecule has 4 heteroatoms. The molecule has 1 aromatic rings. The second-order valence-corrected chi connectivity index (χ2v) is 5.28. The van der Waals surface area contributed by atoms with Crippen molar-refractivity contribution in [3.8, 4) is 5.75 Å². The van der Waals surface area contributed by atoms with Gasteiger partial charge in [-0.15, -0.1) is 0 Å². The van der Waals surface area contributed by atoms with E-state index in [0.717, 1.165) is 6.54 Å². The quantitative estimate of drug-likeness (QED) is 0.806. The van der Waals surface area contributed by atoms with E-state index in [1.165, 1.54) is 32.0 Å². The summed E-state index contributed by atoms with van der Waals surface area (Å²) in [6.45, 7) is 3.36. The lowest BCUT2D eigenvalue weighted by atomic mass is 9.86. The number of hydrogen-bond donors (Lipinski definition) is 0. The molecule has 0 aromatic heterocycles. The second-order valence-electron chi connectivity index (χ2n) is 4.87. The molecular weight excluding hydrogens is 241 g/mol. The van der Waals surface area contributed by atoms with Gasteiger partial charge >= 0.3 is 0 Å². The maximum absolute atomic E-state index is 13.0. The third kappa shape index (κ3) is 2.26. The highest BCUT2D eigenvalue weighted by Crippen LogP contribution is 2.31. The minimum atomic E-state index is -0.395. The minimum absolute atomic E-state index is 0.128. The zero-order valence-electron chi connectivity index (χ0n) is 9.53. The molecule has 0 N–H and O–H groups in total. The van der Waals surface area contributed by atoms with Gasteiger partial charge in [0.05, 0.1) is 5.02 Å². The number of ether oxygens (including phenoxy) is 1. The van der Waals surface area contributed by atoms with Gasteiger partial charge in [0.2, 0.25) is 0 Å². The first-order valence-corrected chi connectivity index (χ1v) is 6.44. The molecule has 3 aliphatic rings. The maximum Gasteiger partial charge on any atom is 0.142 e. The van der Waals surface area contributed by atoms with Gasteiger partial charge in [-0.2, -0.15) is 0 Å². The Morgan fingerprint density at radius 2 is 2.06 bits per heavy atom. The molecule has 2 nitrogen and oxygen atoms in total. The highest BCUT2D eigenvalue weighted by Gasteiger charge is 2.35. The fraction of sp³-hybridized carbons (Fsp3) is 0.538. The van der Waals surface area contributed by atoms with Crippen LogP contribution in [0.3, 0.4) is 0 Å². The largest absolute Gasteiger partial charge is 0.489 e. The third-order valence-corrected chi connectivity index (χ3v) is 4.06. The normalized spacial score (nSPS) is 31.5. The van der Waals surface area contributed by atoms with Crippen LogP contribution in [0, 0.1) is 11.7 Å². The van der Waals surface area contributed by atoms with Gasteiger partial charge in [-0.05, 0) is 44.0 Å². The van der Waals surface area contributed by atoms with Crippen LogP contribution in [0.15, 0.2) is 18.2 Å². The number of benzene rings is 1. The summed E-state index contributed by atoms with van der Waals surface area (Å²) in [6.07, 6.45) is 2.65. The summed E-state index contributed by atoms with van der Waals surface area (Å²) in [5, 5.41) is 0.128. The molecule has 0 aliphatic carbocycles. The van der Waals surface area contributed by atoms with Crippen molar-refractivity contribution < 1.29 is 9.13 Å². The van der Waals surface area contributed by atoms with E-state index in [9.17, 15) is 4.39 Å². The molecule has 3 saturated heterocycles. The maximum atomic E-state index is 13.0. The summed E-state index contributed by atoms with van der Waals surface area (Å²) >= 11 is 5.75. The van der Waals surface area contributed by atoms with Gasteiger partial charge in [-0.25, -0.2) is 4.39 Å². The fourth-order valence-corrected chi connectivity index (χ4v) is 2.94. The number of halogens is 2. The Hall–Kier alpha value is -0.800. The molecule has 1 aromatic carbocycles. The summed E-state index contributed by atoms with van der Waals surface area (Å²) in [5.41, 5.74) is 0. The topological polar surface area (TPSA) is 12.5 Å². The first-order chi connectivity index (χ1) is 8.22. The summed E-state index contributed by atoms with van der Waals surface area (Å²) in [7, 11) is 0. The van der Waals surface area contributed by atoms with E-state index >= 15 is 0 Å². The van der Waals surface area contributed by atoms with Crippen LogP contribution in [0.5, 0.6) is 5.75 Å². The van der Waals surface area contributed by atoms with Gasteiger partial charge in [-0.3, -0.25) is 4.90 Å². The van der Waals surface area contributed by atoms with E-state index in [1.54, 1.807) is 12.1 Å². The Labute approximate surface area is 105 Å². The van der Waals surface area contributed by atoms with Gasteiger partial charge in [0.1, 0.15) is 17.7 Å². The molecule has 3 aliphatic heterocycles. The van der Waals surface area contributed by atoms with Crippen molar-refractivity contribution in [2.75, 3.05) is 19.6 Å². The van der Waals surface area contributed by atoms with Crippen LogP contribution >= 0.6 is 11.6 Å². The molecule has 0 spiro atoms. The van der Waals surface area contributed by atoms with Gasteiger partial charge < -0.3 is 4.74 Å². The standard InChI is InChI=1S/C13H15ClFNO/c14-11-7-10(1-2-12(11)15)17-13-8-16-5-3-9(13)4-6-16/h1-2,7,9,13H,3-6,8H2/t13-/m0/s1. The molecule has 0 amide bonds. The summed E-state index contributed by atoms with van der Waals surface area (Å²) < 4.78 is 19.0. The smallest absolute Gasteiger partial charge is 0.142 e. The SMILES string of the molecule is Fc1ccc(O[C@H]2CN3CCC2CC3)cc1Cl. The Morgan fingerprint density at radius 1 is 1.29 bits per heavy atom. The van der Waals surface area contributed by atoms with Crippen LogP contribution in [0.1, 0.15) is 12.8 Å². The van der Waals surface area contributed by atoms with E-state index in [1.807, 2.05) is 0 Å². The Bertz CT molecular complexity index is 418. The van der Waals surface area contributed by atoms with Crippen LogP contribution in [0.25, 0.3) is 0 Å². The van der Waals surface area contributed by atoms with E-state index in [4.69, 9.17) is 16.3 Å². The van der Waals surface area contributed by atoms with Crippen molar-refractivity contribution in [2.24, 2.45) is 5.92 Å². The van der Waals surface area contributed by atoms with E-state index in [-0.39, 0.29) is 11.1 Å². The monoisotopic (exact) mass is 255 g/mol. The zero-order valence-corrected chi connectivity index (χ0v) is 10.3. The van der Waals surface area contributed by atoms with Crippen molar-refractivity contribution in [3.05, 3.63) is 29.0 Å². The molecule has 0 radical (unpaired) electrons. The lowest BCUT2D eigenvalue weighted by Crippen LogP contribution is -2.52. The Kier molecular flexibility index (Phi) is 2.97. The average Bonchev–Trinajstić information content (AvgIpc) is 2.35. The van der Waals surface area contributed by atoms with Gasteiger partial charge in [0.25, 0.3) is 0 Å². The molecule has 1 atom stereocenters. The number of nitrogens with zero attached hydrogens (tertiary/aromatic N) is 1. The first-order valence-electron chi connectivity index (χ1n) is 6.06. The summed E-state index contributed by atoms with van der Waals surface area (Å²) in [5.74, 6) is 0.923. The van der Waals surface area contributed by atoms with Gasteiger partial charge in [0.15, 0.2) is 0 Å².